The van der Waals surface area contributed by atoms with Gasteiger partial charge in [0.15, 0.2) is 6.73 Å². The van der Waals surface area contributed by atoms with Crippen LogP contribution in [0.3, 0.4) is 0 Å². The summed E-state index contributed by atoms with van der Waals surface area (Å²) in [5, 5.41) is 12.6. The van der Waals surface area contributed by atoms with Crippen molar-refractivity contribution in [2.24, 2.45) is 0 Å². The maximum atomic E-state index is 12.5. The highest BCUT2D eigenvalue weighted by Crippen LogP contribution is 2.22. The van der Waals surface area contributed by atoms with Crippen LogP contribution >= 0.6 is 0 Å². The molecule has 0 fully saturated rings. The van der Waals surface area contributed by atoms with Gasteiger partial charge in [0.05, 0.1) is 6.10 Å². The molecule has 10 heteroatoms. The van der Waals surface area contributed by atoms with Gasteiger partial charge in [-0.1, -0.05) is 42.5 Å². The number of benzene rings is 3. The zero-order chi connectivity index (χ0) is 28.2. The Hall–Kier alpha value is -4.73. The smallest absolute Gasteiger partial charge is 0.410 e. The van der Waals surface area contributed by atoms with Crippen molar-refractivity contribution >= 4 is 29.3 Å². The van der Waals surface area contributed by atoms with Crippen LogP contribution in [0, 0.1) is 0 Å². The normalized spacial score (nSPS) is 10.5. The Morgan fingerprint density at radius 2 is 1.67 bits per heavy atom. The topological polar surface area (TPSA) is 118 Å². The number of nitrogens with one attached hydrogen (secondary N) is 1. The van der Waals surface area contributed by atoms with Gasteiger partial charge in [-0.05, 0) is 43.7 Å². The van der Waals surface area contributed by atoms with Gasteiger partial charge in [-0.15, -0.1) is 0 Å². The summed E-state index contributed by atoms with van der Waals surface area (Å²) in [5.41, 5.74) is 1.88. The fourth-order valence-corrected chi connectivity index (χ4v) is 3.48. The van der Waals surface area contributed by atoms with E-state index in [2.05, 4.69) is 5.32 Å². The van der Waals surface area contributed by atoms with Crippen LogP contribution in [0.1, 0.15) is 19.4 Å². The van der Waals surface area contributed by atoms with Crippen LogP contribution in [-0.4, -0.2) is 60.9 Å². The minimum absolute atomic E-state index is 0.0238. The summed E-state index contributed by atoms with van der Waals surface area (Å²) < 4.78 is 16.4. The first-order valence-electron chi connectivity index (χ1n) is 12.4. The molecule has 0 atom stereocenters. The number of carbonyl (C=O) groups excluding carboxylic acids is 3. The van der Waals surface area contributed by atoms with Gasteiger partial charge >= 0.3 is 12.1 Å². The molecule has 39 heavy (non-hydrogen) atoms. The fourth-order valence-electron chi connectivity index (χ4n) is 3.48. The van der Waals surface area contributed by atoms with Crippen LogP contribution < -0.4 is 15.0 Å². The molecule has 0 aliphatic rings. The van der Waals surface area contributed by atoms with Crippen molar-refractivity contribution in [3.8, 4) is 11.5 Å². The van der Waals surface area contributed by atoms with Crippen LogP contribution in [0.2, 0.25) is 0 Å². The third-order valence-electron chi connectivity index (χ3n) is 5.28. The van der Waals surface area contributed by atoms with E-state index in [1.165, 1.54) is 24.1 Å². The summed E-state index contributed by atoms with van der Waals surface area (Å²) >= 11 is 0. The number of nitrogens with zero attached hydrogens (tertiary/aromatic N) is 2. The van der Waals surface area contributed by atoms with Crippen LogP contribution in [0.4, 0.5) is 16.2 Å². The molecule has 10 nitrogen and oxygen atoms in total. The number of amides is 2. The molecule has 0 heterocycles. The molecule has 0 aliphatic heterocycles. The van der Waals surface area contributed by atoms with E-state index < -0.39 is 18.0 Å². The van der Waals surface area contributed by atoms with Crippen LogP contribution in [0.25, 0.3) is 0 Å². The van der Waals surface area contributed by atoms with Gasteiger partial charge in [0.25, 0.3) is 0 Å². The number of carbonyl (C=O) groups is 3. The molecule has 0 aromatic heterocycles. The monoisotopic (exact) mass is 535 g/mol. The van der Waals surface area contributed by atoms with E-state index in [0.29, 0.717) is 17.1 Å². The molecule has 0 saturated carbocycles. The largest absolute Gasteiger partial charge is 0.508 e. The second kappa shape index (κ2) is 14.3. The number of hydrogen-bond acceptors (Lipinski definition) is 8. The van der Waals surface area contributed by atoms with Gasteiger partial charge in [0, 0.05) is 30.6 Å². The minimum Gasteiger partial charge on any atom is -0.508 e. The van der Waals surface area contributed by atoms with Crippen molar-refractivity contribution in [1.29, 1.82) is 0 Å². The Labute approximate surface area is 227 Å². The minimum atomic E-state index is -0.617. The molecule has 0 bridgehead atoms. The third-order valence-corrected chi connectivity index (χ3v) is 5.28. The van der Waals surface area contributed by atoms with Gasteiger partial charge in [-0.3, -0.25) is 9.59 Å². The van der Waals surface area contributed by atoms with Crippen LogP contribution in [-0.2, 0) is 25.7 Å². The highest BCUT2D eigenvalue weighted by molar-refractivity contribution is 5.94. The Balaban J connectivity index is 1.55. The number of hydrogen-bond donors (Lipinski definition) is 2. The number of aromatic hydroxyl groups is 1. The van der Waals surface area contributed by atoms with Crippen LogP contribution in [0.15, 0.2) is 78.9 Å². The molecule has 2 N–H and O–H groups in total. The van der Waals surface area contributed by atoms with E-state index in [-0.39, 0.29) is 38.3 Å². The summed E-state index contributed by atoms with van der Waals surface area (Å²) in [6, 6.07) is 22.4. The first kappa shape index (κ1) is 28.8. The fraction of sp³-hybridized carbons (Fsp3) is 0.276. The van der Waals surface area contributed by atoms with Gasteiger partial charge in [0.2, 0.25) is 5.91 Å². The number of ether oxygens (including phenoxy) is 3. The molecule has 0 aliphatic carbocycles. The highest BCUT2D eigenvalue weighted by atomic mass is 16.6. The number of rotatable bonds is 12. The lowest BCUT2D eigenvalue weighted by Crippen LogP contribution is -2.35. The van der Waals surface area contributed by atoms with Crippen molar-refractivity contribution in [3.63, 3.8) is 0 Å². The number of esters is 1. The lowest BCUT2D eigenvalue weighted by molar-refractivity contribution is -0.145. The second-order valence-electron chi connectivity index (χ2n) is 9.00. The molecule has 0 spiro atoms. The van der Waals surface area contributed by atoms with Crippen molar-refractivity contribution in [2.75, 3.05) is 37.1 Å². The lowest BCUT2D eigenvalue weighted by Gasteiger charge is -2.24. The molecule has 3 aromatic carbocycles. The average molecular weight is 536 g/mol. The number of phenols is 1. The standard InChI is InChI=1S/C29H33N3O7/c1-21(2)39-28(35)18-32(24-12-8-13-25(33)16-24)20-38-26-14-7-11-23(15-26)30-27(34)17-31(3)29(36)37-19-22-9-5-4-6-10-22/h4-16,21,33H,17-20H2,1-3H3,(H,30,34). The van der Waals surface area contributed by atoms with Crippen molar-refractivity contribution < 1.29 is 33.7 Å². The van der Waals surface area contributed by atoms with Gasteiger partial charge in [-0.25, -0.2) is 4.79 Å². The van der Waals surface area contributed by atoms with Gasteiger partial charge in [-0.2, -0.15) is 0 Å². The first-order valence-corrected chi connectivity index (χ1v) is 12.4. The molecule has 0 unspecified atom stereocenters. The first-order chi connectivity index (χ1) is 18.7. The average Bonchev–Trinajstić information content (AvgIpc) is 2.90. The molecule has 0 saturated heterocycles. The number of likely N-dealkylation sites (N-methyl/N-ethyl adjacent to an activating group) is 1. The summed E-state index contributed by atoms with van der Waals surface area (Å²) in [5.74, 6) is -0.368. The van der Waals surface area contributed by atoms with E-state index in [1.54, 1.807) is 55.1 Å². The maximum absolute atomic E-state index is 12.5. The number of anilines is 2. The Kier molecular flexibility index (Phi) is 10.6. The zero-order valence-electron chi connectivity index (χ0n) is 22.2. The molecule has 206 valence electrons. The van der Waals surface area contributed by atoms with Crippen LogP contribution in [0.5, 0.6) is 11.5 Å². The third kappa shape index (κ3) is 9.92. The molecule has 0 radical (unpaired) electrons. The second-order valence-corrected chi connectivity index (χ2v) is 9.00. The van der Waals surface area contributed by atoms with Gasteiger partial charge < -0.3 is 34.4 Å². The predicted molar refractivity (Wildman–Crippen MR) is 147 cm³/mol. The van der Waals surface area contributed by atoms with E-state index in [4.69, 9.17) is 14.2 Å². The summed E-state index contributed by atoms with van der Waals surface area (Å²) in [7, 11) is 1.48. The Bertz CT molecular complexity index is 1250. The molecule has 3 rings (SSSR count). The van der Waals surface area contributed by atoms with Crippen molar-refractivity contribution in [1.82, 2.24) is 4.90 Å². The van der Waals surface area contributed by atoms with Crippen molar-refractivity contribution in [2.45, 2.75) is 26.6 Å². The molecule has 2 amide bonds. The van der Waals surface area contributed by atoms with Gasteiger partial charge in [0.1, 0.15) is 31.2 Å². The van der Waals surface area contributed by atoms with E-state index >= 15 is 0 Å². The zero-order valence-corrected chi connectivity index (χ0v) is 22.2. The summed E-state index contributed by atoms with van der Waals surface area (Å²) in [6.07, 6.45) is -0.886. The SMILES string of the molecule is CC(C)OC(=O)CN(COc1cccc(NC(=O)CN(C)C(=O)OCc2ccccc2)c1)c1cccc(O)c1. The highest BCUT2D eigenvalue weighted by Gasteiger charge is 2.17. The number of phenolic OH excluding ortho intramolecular Hbond substituents is 1. The Morgan fingerprint density at radius 3 is 2.38 bits per heavy atom. The predicted octanol–water partition coefficient (Wildman–Crippen LogP) is 4.39. The molecular weight excluding hydrogens is 502 g/mol. The van der Waals surface area contributed by atoms with E-state index in [0.717, 1.165) is 5.56 Å². The van der Waals surface area contributed by atoms with E-state index in [9.17, 15) is 19.5 Å². The van der Waals surface area contributed by atoms with E-state index in [1.807, 2.05) is 30.3 Å². The summed E-state index contributed by atoms with van der Waals surface area (Å²) in [4.78, 5) is 39.8. The molecular formula is C29H33N3O7. The lowest BCUT2D eigenvalue weighted by atomic mass is 10.2. The Morgan fingerprint density at radius 1 is 0.923 bits per heavy atom. The molecule has 3 aromatic rings. The maximum Gasteiger partial charge on any atom is 0.410 e. The summed E-state index contributed by atoms with van der Waals surface area (Å²) in [6.45, 7) is 3.31. The quantitative estimate of drug-likeness (QED) is 0.259. The van der Waals surface area contributed by atoms with Crippen molar-refractivity contribution in [3.05, 3.63) is 84.4 Å².